The third-order valence-corrected chi connectivity index (χ3v) is 7.32. The lowest BCUT2D eigenvalue weighted by Crippen LogP contribution is -2.28. The number of fused-ring (bicyclic) bond motifs is 4. The number of methoxy groups -OCH3 is 1. The fourth-order valence-corrected chi connectivity index (χ4v) is 5.22. The predicted octanol–water partition coefficient (Wildman–Crippen LogP) is 5.50. The van der Waals surface area contributed by atoms with E-state index in [0.717, 1.165) is 37.1 Å². The molecule has 4 N–H and O–H groups in total. The Labute approximate surface area is 249 Å². The monoisotopic (exact) mass is 639 g/mol. The molecular formula is C27H27BrClN9O3. The highest BCUT2D eigenvalue weighted by atomic mass is 79.9. The fourth-order valence-electron chi connectivity index (χ4n) is 4.53. The molecular weight excluding hydrogens is 614 g/mol. The zero-order chi connectivity index (χ0) is 28.8. The van der Waals surface area contributed by atoms with Crippen LogP contribution in [-0.2, 0) is 9.53 Å². The highest BCUT2D eigenvalue weighted by Crippen LogP contribution is 2.36. The van der Waals surface area contributed by atoms with Crippen LogP contribution in [0.25, 0.3) is 23.0 Å². The summed E-state index contributed by atoms with van der Waals surface area (Å²) in [5.74, 6) is 0.355. The summed E-state index contributed by atoms with van der Waals surface area (Å²) >= 11 is 9.82. The molecule has 0 fully saturated rings. The number of halogens is 2. The molecule has 12 nitrogen and oxygen atoms in total. The summed E-state index contributed by atoms with van der Waals surface area (Å²) in [5, 5.41) is 21.1. The van der Waals surface area contributed by atoms with Crippen LogP contribution in [-0.4, -0.2) is 55.8 Å². The molecule has 4 aromatic rings. The highest BCUT2D eigenvalue weighted by molar-refractivity contribution is 9.10. The number of imidazole rings is 1. The molecule has 0 saturated heterocycles. The minimum Gasteiger partial charge on any atom is -0.453 e. The summed E-state index contributed by atoms with van der Waals surface area (Å²) in [6, 6.07) is 10.4. The van der Waals surface area contributed by atoms with Crippen LogP contribution in [0.3, 0.4) is 0 Å². The van der Waals surface area contributed by atoms with Gasteiger partial charge in [0.25, 0.3) is 0 Å². The Balaban J connectivity index is 1.39. The van der Waals surface area contributed by atoms with Crippen LogP contribution in [0, 0.1) is 0 Å². The van der Waals surface area contributed by atoms with Gasteiger partial charge in [-0.05, 0) is 81.7 Å². The van der Waals surface area contributed by atoms with Crippen molar-refractivity contribution in [2.24, 2.45) is 0 Å². The fraction of sp³-hybridized carbons (Fsp3) is 0.259. The molecule has 3 heterocycles. The molecule has 1 aliphatic heterocycles. The first-order valence-electron chi connectivity index (χ1n) is 12.9. The van der Waals surface area contributed by atoms with Crippen LogP contribution in [0.1, 0.15) is 43.1 Å². The van der Waals surface area contributed by atoms with E-state index in [9.17, 15) is 9.59 Å². The SMILES string of the molecule is COC(=O)Nc1ccc2c(c1)NCCCCCC(NC(=O)/C=C/c1cc(Cl)ccc1-n1cnnn1)c1nc-2c(Br)[nH]1. The van der Waals surface area contributed by atoms with E-state index in [1.807, 2.05) is 12.1 Å². The maximum atomic E-state index is 13.1. The van der Waals surface area contributed by atoms with E-state index in [1.54, 1.807) is 30.3 Å². The minimum atomic E-state index is -0.545. The molecule has 0 radical (unpaired) electrons. The van der Waals surface area contributed by atoms with Crippen molar-refractivity contribution in [2.75, 3.05) is 24.3 Å². The van der Waals surface area contributed by atoms with Crippen molar-refractivity contribution in [3.8, 4) is 16.9 Å². The molecule has 2 bridgehead atoms. The zero-order valence-electron chi connectivity index (χ0n) is 22.0. The molecule has 5 rings (SSSR count). The standard InChI is InChI=1S/C27H27BrClN9O3/c1-41-27(40)32-18-8-9-19-21(14-18)30-12-4-2-3-5-20(26-34-24(19)25(28)35-26)33-23(39)11-6-16-13-17(29)7-10-22(16)38-15-31-36-37-38/h6-11,13-15,20,30H,2-5,12H2,1H3,(H,32,40)(H,33,39)(H,34,35)/b11-6+. The van der Waals surface area contributed by atoms with Crippen molar-refractivity contribution in [1.29, 1.82) is 0 Å². The lowest BCUT2D eigenvalue weighted by molar-refractivity contribution is -0.117. The smallest absolute Gasteiger partial charge is 0.411 e. The van der Waals surface area contributed by atoms with Crippen molar-refractivity contribution >= 4 is 57.0 Å². The second-order valence-electron chi connectivity index (χ2n) is 9.29. The first-order chi connectivity index (χ1) is 19.9. The van der Waals surface area contributed by atoms with Gasteiger partial charge in [-0.2, -0.15) is 4.68 Å². The first-order valence-corrected chi connectivity index (χ1v) is 14.1. The van der Waals surface area contributed by atoms with Crippen molar-refractivity contribution < 1.29 is 14.3 Å². The van der Waals surface area contributed by atoms with E-state index in [0.29, 0.717) is 44.5 Å². The number of tetrazole rings is 1. The quantitative estimate of drug-likeness (QED) is 0.209. The van der Waals surface area contributed by atoms with E-state index in [-0.39, 0.29) is 11.9 Å². The van der Waals surface area contributed by atoms with Gasteiger partial charge in [-0.25, -0.2) is 9.78 Å². The number of amides is 2. The topological polar surface area (TPSA) is 152 Å². The van der Waals surface area contributed by atoms with Gasteiger partial charge < -0.3 is 20.4 Å². The van der Waals surface area contributed by atoms with E-state index < -0.39 is 6.09 Å². The molecule has 41 heavy (non-hydrogen) atoms. The molecule has 0 spiro atoms. The number of hydrogen-bond acceptors (Lipinski definition) is 8. The third kappa shape index (κ3) is 6.92. The lowest BCUT2D eigenvalue weighted by Gasteiger charge is -2.17. The number of benzene rings is 2. The van der Waals surface area contributed by atoms with Gasteiger partial charge in [-0.15, -0.1) is 5.10 Å². The van der Waals surface area contributed by atoms with Gasteiger partial charge in [0, 0.05) is 40.1 Å². The van der Waals surface area contributed by atoms with Crippen LogP contribution < -0.4 is 16.0 Å². The zero-order valence-corrected chi connectivity index (χ0v) is 24.4. The number of H-pyrrole nitrogens is 1. The summed E-state index contributed by atoms with van der Waals surface area (Å²) in [6.45, 7) is 0.743. The molecule has 14 heteroatoms. The van der Waals surface area contributed by atoms with Gasteiger partial charge in [0.15, 0.2) is 0 Å². The molecule has 1 unspecified atom stereocenters. The Morgan fingerprint density at radius 3 is 2.88 bits per heavy atom. The van der Waals surface area contributed by atoms with Crippen molar-refractivity contribution in [2.45, 2.75) is 31.7 Å². The number of carbonyl (C=O) groups excluding carboxylic acids is 2. The van der Waals surface area contributed by atoms with Gasteiger partial charge in [-0.1, -0.05) is 24.4 Å². The van der Waals surface area contributed by atoms with E-state index >= 15 is 0 Å². The Bertz CT molecular complexity index is 1570. The Morgan fingerprint density at radius 2 is 2.07 bits per heavy atom. The molecule has 212 valence electrons. The van der Waals surface area contributed by atoms with Gasteiger partial charge >= 0.3 is 6.09 Å². The number of hydrogen-bond donors (Lipinski definition) is 4. The largest absolute Gasteiger partial charge is 0.453 e. The number of nitrogens with one attached hydrogen (secondary N) is 4. The summed E-state index contributed by atoms with van der Waals surface area (Å²) in [5.41, 5.74) is 4.32. The third-order valence-electron chi connectivity index (χ3n) is 6.52. The second-order valence-corrected chi connectivity index (χ2v) is 10.5. The molecule has 2 amide bonds. The molecule has 1 aliphatic rings. The average molecular weight is 641 g/mol. The van der Waals surface area contributed by atoms with Gasteiger partial charge in [0.1, 0.15) is 22.4 Å². The van der Waals surface area contributed by atoms with Crippen LogP contribution in [0.4, 0.5) is 16.2 Å². The number of carbonyl (C=O) groups is 2. The summed E-state index contributed by atoms with van der Waals surface area (Å²) in [7, 11) is 1.32. The highest BCUT2D eigenvalue weighted by Gasteiger charge is 2.22. The number of aromatic amines is 1. The Hall–Kier alpha value is -4.23. The first kappa shape index (κ1) is 28.3. The van der Waals surface area contributed by atoms with Gasteiger partial charge in [0.05, 0.1) is 18.8 Å². The summed E-state index contributed by atoms with van der Waals surface area (Å²) in [6.07, 6.45) is 7.56. The van der Waals surface area contributed by atoms with Crippen molar-refractivity contribution in [1.82, 2.24) is 35.5 Å². The Morgan fingerprint density at radius 1 is 1.20 bits per heavy atom. The predicted molar refractivity (Wildman–Crippen MR) is 159 cm³/mol. The summed E-state index contributed by atoms with van der Waals surface area (Å²) < 4.78 is 6.90. The molecule has 2 aromatic heterocycles. The van der Waals surface area contributed by atoms with Crippen LogP contribution in [0.2, 0.25) is 5.02 Å². The maximum Gasteiger partial charge on any atom is 0.411 e. The number of aromatic nitrogens is 6. The van der Waals surface area contributed by atoms with E-state index in [1.165, 1.54) is 24.2 Å². The number of rotatable bonds is 5. The minimum absolute atomic E-state index is 0.278. The van der Waals surface area contributed by atoms with Crippen LogP contribution in [0.5, 0.6) is 0 Å². The van der Waals surface area contributed by atoms with E-state index in [2.05, 4.69) is 52.4 Å². The lowest BCUT2D eigenvalue weighted by atomic mass is 10.1. The molecule has 1 atom stereocenters. The second kappa shape index (κ2) is 13.0. The number of ether oxygens (including phenoxy) is 1. The molecule has 2 aromatic carbocycles. The van der Waals surface area contributed by atoms with Gasteiger partial charge in [0.2, 0.25) is 5.91 Å². The maximum absolute atomic E-state index is 13.1. The van der Waals surface area contributed by atoms with Gasteiger partial charge in [-0.3, -0.25) is 10.1 Å². The normalized spacial score (nSPS) is 15.2. The molecule has 0 saturated carbocycles. The molecule has 0 aliphatic carbocycles. The van der Waals surface area contributed by atoms with Crippen LogP contribution >= 0.6 is 27.5 Å². The number of nitrogens with zero attached hydrogens (tertiary/aromatic N) is 5. The van der Waals surface area contributed by atoms with Crippen LogP contribution in [0.15, 0.2) is 53.4 Å². The number of anilines is 2. The average Bonchev–Trinajstić information content (AvgIpc) is 3.63. The van der Waals surface area contributed by atoms with Crippen molar-refractivity contribution in [3.05, 3.63) is 69.8 Å². The van der Waals surface area contributed by atoms with Crippen molar-refractivity contribution in [3.63, 3.8) is 0 Å². The summed E-state index contributed by atoms with van der Waals surface area (Å²) in [4.78, 5) is 33.0. The van der Waals surface area contributed by atoms with E-state index in [4.69, 9.17) is 21.3 Å². The Kier molecular flexibility index (Phi) is 8.95.